The Morgan fingerprint density at radius 2 is 1.75 bits per heavy atom. The Bertz CT molecular complexity index is 195. The summed E-state index contributed by atoms with van der Waals surface area (Å²) in [5.74, 6) is 0.718. The van der Waals surface area contributed by atoms with Gasteiger partial charge in [-0.25, -0.2) is 0 Å². The van der Waals surface area contributed by atoms with Gasteiger partial charge in [-0.05, 0) is 25.7 Å². The molecule has 0 saturated carbocycles. The minimum atomic E-state index is 0.290. The van der Waals surface area contributed by atoms with Gasteiger partial charge in [-0.2, -0.15) is 0 Å². The van der Waals surface area contributed by atoms with Crippen LogP contribution in [0.2, 0.25) is 0 Å². The van der Waals surface area contributed by atoms with Crippen molar-refractivity contribution in [3.05, 3.63) is 0 Å². The first-order valence-electron chi connectivity index (χ1n) is 7.08. The highest BCUT2D eigenvalue weighted by molar-refractivity contribution is 5.78. The number of carbonyl (C=O) groups excluding carboxylic acids is 1. The summed E-state index contributed by atoms with van der Waals surface area (Å²) in [6, 6.07) is 0. The van der Waals surface area contributed by atoms with Crippen molar-refractivity contribution in [1.29, 1.82) is 0 Å². The lowest BCUT2D eigenvalue weighted by molar-refractivity contribution is -0.135. The van der Waals surface area contributed by atoms with Gasteiger partial charge in [0.25, 0.3) is 0 Å². The van der Waals surface area contributed by atoms with E-state index in [0.29, 0.717) is 5.91 Å². The molecule has 1 amide bonds. The van der Waals surface area contributed by atoms with Crippen LogP contribution >= 0.6 is 0 Å². The fraction of sp³-hybridized carbons (Fsp3) is 0.929. The molecule has 1 atom stereocenters. The second kappa shape index (κ2) is 7.70. The molecule has 0 aromatic rings. The molecule has 2 nitrogen and oxygen atoms in total. The van der Waals surface area contributed by atoms with Crippen molar-refractivity contribution in [2.75, 3.05) is 13.1 Å². The van der Waals surface area contributed by atoms with Crippen molar-refractivity contribution >= 4 is 5.91 Å². The second-order valence-corrected chi connectivity index (χ2v) is 4.99. The Labute approximate surface area is 100 Å². The van der Waals surface area contributed by atoms with Crippen molar-refractivity contribution in [3.8, 4) is 0 Å². The largest absolute Gasteiger partial charge is 0.342 e. The Morgan fingerprint density at radius 1 is 1.12 bits per heavy atom. The molecule has 0 aromatic heterocycles. The van der Waals surface area contributed by atoms with Crippen LogP contribution in [0.5, 0.6) is 0 Å². The van der Waals surface area contributed by atoms with Gasteiger partial charge in [-0.15, -0.1) is 0 Å². The van der Waals surface area contributed by atoms with E-state index >= 15 is 0 Å². The van der Waals surface area contributed by atoms with Crippen LogP contribution in [-0.2, 0) is 4.79 Å². The maximum atomic E-state index is 12.3. The SMILES string of the molecule is CCCCC(CC)C(=O)N1CCCCCC1. The summed E-state index contributed by atoms with van der Waals surface area (Å²) in [5.41, 5.74) is 0. The number of unbranched alkanes of at least 4 members (excludes halogenated alkanes) is 1. The number of likely N-dealkylation sites (tertiary alicyclic amines) is 1. The van der Waals surface area contributed by atoms with Gasteiger partial charge in [0, 0.05) is 19.0 Å². The molecule has 0 bridgehead atoms. The quantitative estimate of drug-likeness (QED) is 0.700. The maximum absolute atomic E-state index is 12.3. The number of nitrogens with zero attached hydrogens (tertiary/aromatic N) is 1. The smallest absolute Gasteiger partial charge is 0.225 e. The van der Waals surface area contributed by atoms with E-state index < -0.39 is 0 Å². The predicted molar refractivity (Wildman–Crippen MR) is 68.4 cm³/mol. The average Bonchev–Trinajstić information content (AvgIpc) is 2.58. The number of rotatable bonds is 5. The van der Waals surface area contributed by atoms with Crippen LogP contribution < -0.4 is 0 Å². The second-order valence-electron chi connectivity index (χ2n) is 4.99. The van der Waals surface area contributed by atoms with Crippen LogP contribution in [0.3, 0.4) is 0 Å². The molecule has 0 aromatic carbocycles. The van der Waals surface area contributed by atoms with Crippen molar-refractivity contribution in [2.24, 2.45) is 5.92 Å². The highest BCUT2D eigenvalue weighted by Crippen LogP contribution is 2.18. The van der Waals surface area contributed by atoms with E-state index in [1.54, 1.807) is 0 Å². The summed E-state index contributed by atoms with van der Waals surface area (Å²) in [6.45, 7) is 6.35. The minimum absolute atomic E-state index is 0.290. The van der Waals surface area contributed by atoms with Gasteiger partial charge in [0.15, 0.2) is 0 Å². The van der Waals surface area contributed by atoms with E-state index in [1.807, 2.05) is 0 Å². The summed E-state index contributed by atoms with van der Waals surface area (Å²) < 4.78 is 0. The van der Waals surface area contributed by atoms with Crippen molar-refractivity contribution < 1.29 is 4.79 Å². The van der Waals surface area contributed by atoms with Crippen LogP contribution in [0.25, 0.3) is 0 Å². The first kappa shape index (κ1) is 13.5. The fourth-order valence-electron chi connectivity index (χ4n) is 2.50. The highest BCUT2D eigenvalue weighted by atomic mass is 16.2. The van der Waals surface area contributed by atoms with E-state index in [9.17, 15) is 4.79 Å². The molecule has 1 fully saturated rings. The van der Waals surface area contributed by atoms with E-state index in [4.69, 9.17) is 0 Å². The average molecular weight is 225 g/mol. The summed E-state index contributed by atoms with van der Waals surface area (Å²) in [7, 11) is 0. The molecule has 1 heterocycles. The van der Waals surface area contributed by atoms with E-state index in [2.05, 4.69) is 18.7 Å². The molecule has 0 aliphatic carbocycles. The van der Waals surface area contributed by atoms with E-state index in [1.165, 1.54) is 38.5 Å². The molecule has 1 aliphatic rings. The van der Waals surface area contributed by atoms with Crippen LogP contribution in [-0.4, -0.2) is 23.9 Å². The van der Waals surface area contributed by atoms with Gasteiger partial charge in [-0.3, -0.25) is 4.79 Å². The standard InChI is InChI=1S/C14H27NO/c1-3-5-10-13(4-2)14(16)15-11-8-6-7-9-12-15/h13H,3-12H2,1-2H3. The number of carbonyl (C=O) groups is 1. The summed E-state index contributed by atoms with van der Waals surface area (Å²) in [6.07, 6.45) is 9.50. The van der Waals surface area contributed by atoms with Crippen molar-refractivity contribution in [3.63, 3.8) is 0 Å². The molecule has 16 heavy (non-hydrogen) atoms. The highest BCUT2D eigenvalue weighted by Gasteiger charge is 2.22. The molecule has 0 spiro atoms. The number of hydrogen-bond acceptors (Lipinski definition) is 1. The van der Waals surface area contributed by atoms with Crippen LogP contribution in [0.1, 0.15) is 65.2 Å². The number of hydrogen-bond donors (Lipinski definition) is 0. The summed E-state index contributed by atoms with van der Waals surface area (Å²) >= 11 is 0. The Morgan fingerprint density at radius 3 is 2.25 bits per heavy atom. The first-order valence-corrected chi connectivity index (χ1v) is 7.08. The Kier molecular flexibility index (Phi) is 6.51. The molecular formula is C14H27NO. The third-order valence-corrected chi connectivity index (χ3v) is 3.67. The van der Waals surface area contributed by atoms with Crippen molar-refractivity contribution in [1.82, 2.24) is 4.90 Å². The van der Waals surface area contributed by atoms with E-state index in [-0.39, 0.29) is 5.92 Å². The van der Waals surface area contributed by atoms with Gasteiger partial charge in [-0.1, -0.05) is 39.5 Å². The van der Waals surface area contributed by atoms with Gasteiger partial charge in [0.1, 0.15) is 0 Å². The van der Waals surface area contributed by atoms with Crippen molar-refractivity contribution in [2.45, 2.75) is 65.2 Å². The zero-order chi connectivity index (χ0) is 11.8. The lowest BCUT2D eigenvalue weighted by Gasteiger charge is -2.25. The Hall–Kier alpha value is -0.530. The van der Waals surface area contributed by atoms with Gasteiger partial charge >= 0.3 is 0 Å². The molecule has 0 radical (unpaired) electrons. The predicted octanol–water partition coefficient (Wildman–Crippen LogP) is 3.61. The third kappa shape index (κ3) is 4.15. The molecule has 2 heteroatoms. The fourth-order valence-corrected chi connectivity index (χ4v) is 2.50. The number of amides is 1. The Balaban J connectivity index is 2.44. The molecule has 94 valence electrons. The maximum Gasteiger partial charge on any atom is 0.225 e. The molecule has 1 rings (SSSR count). The molecular weight excluding hydrogens is 198 g/mol. The van der Waals surface area contributed by atoms with Gasteiger partial charge in [0.05, 0.1) is 0 Å². The zero-order valence-corrected chi connectivity index (χ0v) is 11.0. The molecule has 1 saturated heterocycles. The molecule has 0 N–H and O–H groups in total. The van der Waals surface area contributed by atoms with Crippen LogP contribution in [0.15, 0.2) is 0 Å². The normalized spacial score (nSPS) is 19.2. The lowest BCUT2D eigenvalue weighted by atomic mass is 9.97. The molecule has 1 aliphatic heterocycles. The lowest BCUT2D eigenvalue weighted by Crippen LogP contribution is -2.36. The summed E-state index contributed by atoms with van der Waals surface area (Å²) in [5, 5.41) is 0. The first-order chi connectivity index (χ1) is 7.79. The minimum Gasteiger partial charge on any atom is -0.342 e. The van der Waals surface area contributed by atoms with Gasteiger partial charge < -0.3 is 4.90 Å². The molecule has 1 unspecified atom stereocenters. The monoisotopic (exact) mass is 225 g/mol. The zero-order valence-electron chi connectivity index (χ0n) is 11.0. The third-order valence-electron chi connectivity index (χ3n) is 3.67. The van der Waals surface area contributed by atoms with Crippen LogP contribution in [0.4, 0.5) is 0 Å². The topological polar surface area (TPSA) is 20.3 Å². The van der Waals surface area contributed by atoms with E-state index in [0.717, 1.165) is 25.9 Å². The van der Waals surface area contributed by atoms with Gasteiger partial charge in [0.2, 0.25) is 5.91 Å². The van der Waals surface area contributed by atoms with Crippen LogP contribution in [0, 0.1) is 5.92 Å². The summed E-state index contributed by atoms with van der Waals surface area (Å²) in [4.78, 5) is 14.4.